The van der Waals surface area contributed by atoms with Gasteiger partial charge in [-0.2, -0.15) is 0 Å². The SMILES string of the molecule is COC(=O)C(NC(=O)C(C)OCc1ccccc1)C(C)O. The lowest BCUT2D eigenvalue weighted by Crippen LogP contribution is -2.51. The average Bonchev–Trinajstić information content (AvgIpc) is 2.49. The molecular formula is C15H21NO5. The zero-order valence-corrected chi connectivity index (χ0v) is 12.4. The van der Waals surface area contributed by atoms with Crippen molar-refractivity contribution >= 4 is 11.9 Å². The molecule has 116 valence electrons. The highest BCUT2D eigenvalue weighted by molar-refractivity contribution is 5.87. The second kappa shape index (κ2) is 8.39. The predicted octanol–water partition coefficient (Wildman–Crippen LogP) is 0.630. The molecule has 3 unspecified atom stereocenters. The van der Waals surface area contributed by atoms with Crippen molar-refractivity contribution in [3.63, 3.8) is 0 Å². The Balaban J connectivity index is 2.51. The Morgan fingerprint density at radius 2 is 1.86 bits per heavy atom. The van der Waals surface area contributed by atoms with Gasteiger partial charge in [0, 0.05) is 0 Å². The number of nitrogens with one attached hydrogen (secondary N) is 1. The van der Waals surface area contributed by atoms with Gasteiger partial charge < -0.3 is 19.9 Å². The molecule has 0 bridgehead atoms. The van der Waals surface area contributed by atoms with E-state index < -0.39 is 30.1 Å². The van der Waals surface area contributed by atoms with Crippen LogP contribution in [0.4, 0.5) is 0 Å². The zero-order chi connectivity index (χ0) is 15.8. The molecule has 1 aromatic carbocycles. The van der Waals surface area contributed by atoms with Crippen LogP contribution in [-0.2, 0) is 25.7 Å². The Morgan fingerprint density at radius 3 is 2.38 bits per heavy atom. The van der Waals surface area contributed by atoms with Gasteiger partial charge in [0.2, 0.25) is 5.91 Å². The van der Waals surface area contributed by atoms with Gasteiger partial charge in [0.1, 0.15) is 6.10 Å². The molecule has 6 nitrogen and oxygen atoms in total. The summed E-state index contributed by atoms with van der Waals surface area (Å²) in [6, 6.07) is 8.32. The third kappa shape index (κ3) is 5.53. The van der Waals surface area contributed by atoms with E-state index in [0.717, 1.165) is 5.56 Å². The smallest absolute Gasteiger partial charge is 0.331 e. The van der Waals surface area contributed by atoms with Gasteiger partial charge in [0.05, 0.1) is 19.8 Å². The molecule has 0 aliphatic heterocycles. The van der Waals surface area contributed by atoms with Crippen LogP contribution < -0.4 is 5.32 Å². The zero-order valence-electron chi connectivity index (χ0n) is 12.4. The molecule has 0 radical (unpaired) electrons. The van der Waals surface area contributed by atoms with Crippen LogP contribution in [0.5, 0.6) is 0 Å². The van der Waals surface area contributed by atoms with E-state index in [4.69, 9.17) is 4.74 Å². The van der Waals surface area contributed by atoms with E-state index in [1.807, 2.05) is 30.3 Å². The van der Waals surface area contributed by atoms with Crippen LogP contribution in [0.3, 0.4) is 0 Å². The number of ether oxygens (including phenoxy) is 2. The lowest BCUT2D eigenvalue weighted by Gasteiger charge is -2.21. The number of rotatable bonds is 7. The number of benzene rings is 1. The molecule has 0 fully saturated rings. The van der Waals surface area contributed by atoms with Crippen LogP contribution in [0.1, 0.15) is 19.4 Å². The van der Waals surface area contributed by atoms with Gasteiger partial charge in [0.15, 0.2) is 6.04 Å². The fourth-order valence-corrected chi connectivity index (χ4v) is 1.65. The van der Waals surface area contributed by atoms with Gasteiger partial charge in [-0.1, -0.05) is 30.3 Å². The maximum Gasteiger partial charge on any atom is 0.331 e. The number of hydrogen-bond donors (Lipinski definition) is 2. The number of carbonyl (C=O) groups excluding carboxylic acids is 2. The molecule has 0 aliphatic carbocycles. The van der Waals surface area contributed by atoms with Crippen LogP contribution in [-0.4, -0.2) is 42.3 Å². The molecule has 0 saturated carbocycles. The minimum absolute atomic E-state index is 0.285. The number of methoxy groups -OCH3 is 1. The number of hydrogen-bond acceptors (Lipinski definition) is 5. The van der Waals surface area contributed by atoms with E-state index in [9.17, 15) is 14.7 Å². The molecule has 3 atom stereocenters. The molecule has 0 spiro atoms. The van der Waals surface area contributed by atoms with Crippen molar-refractivity contribution in [1.29, 1.82) is 0 Å². The summed E-state index contributed by atoms with van der Waals surface area (Å²) in [4.78, 5) is 23.4. The lowest BCUT2D eigenvalue weighted by atomic mass is 10.1. The summed E-state index contributed by atoms with van der Waals surface area (Å²) in [5.74, 6) is -1.18. The molecule has 6 heteroatoms. The first kappa shape index (κ1) is 17.1. The summed E-state index contributed by atoms with van der Waals surface area (Å²) in [6.07, 6.45) is -1.81. The first-order valence-corrected chi connectivity index (χ1v) is 6.67. The topological polar surface area (TPSA) is 84.9 Å². The highest BCUT2D eigenvalue weighted by Crippen LogP contribution is 2.04. The lowest BCUT2D eigenvalue weighted by molar-refractivity contribution is -0.150. The molecule has 1 rings (SSSR count). The second-order valence-electron chi connectivity index (χ2n) is 4.69. The summed E-state index contributed by atoms with van der Waals surface area (Å²) >= 11 is 0. The quantitative estimate of drug-likeness (QED) is 0.721. The second-order valence-corrected chi connectivity index (χ2v) is 4.69. The minimum atomic E-state index is -1.11. The molecule has 1 aromatic rings. The molecule has 2 N–H and O–H groups in total. The Hall–Kier alpha value is -1.92. The van der Waals surface area contributed by atoms with Crippen LogP contribution in [0.25, 0.3) is 0 Å². The minimum Gasteiger partial charge on any atom is -0.467 e. The van der Waals surface area contributed by atoms with Crippen molar-refractivity contribution in [1.82, 2.24) is 5.32 Å². The Morgan fingerprint density at radius 1 is 1.24 bits per heavy atom. The van der Waals surface area contributed by atoms with Crippen LogP contribution >= 0.6 is 0 Å². The Kier molecular flexibility index (Phi) is 6.84. The molecule has 0 saturated heterocycles. The molecule has 0 aromatic heterocycles. The first-order chi connectivity index (χ1) is 9.95. The normalized spacial score (nSPS) is 14.9. The van der Waals surface area contributed by atoms with E-state index in [2.05, 4.69) is 10.1 Å². The van der Waals surface area contributed by atoms with Gasteiger partial charge in [-0.25, -0.2) is 4.79 Å². The average molecular weight is 295 g/mol. The summed E-state index contributed by atoms with van der Waals surface area (Å²) in [5, 5.41) is 11.9. The van der Waals surface area contributed by atoms with Crippen molar-refractivity contribution in [2.24, 2.45) is 0 Å². The highest BCUT2D eigenvalue weighted by atomic mass is 16.5. The number of carbonyl (C=O) groups is 2. The van der Waals surface area contributed by atoms with Crippen LogP contribution in [0.15, 0.2) is 30.3 Å². The largest absolute Gasteiger partial charge is 0.467 e. The van der Waals surface area contributed by atoms with E-state index >= 15 is 0 Å². The summed E-state index contributed by atoms with van der Waals surface area (Å²) in [5.41, 5.74) is 0.942. The molecular weight excluding hydrogens is 274 g/mol. The number of aliphatic hydroxyl groups is 1. The molecule has 0 aliphatic rings. The monoisotopic (exact) mass is 295 g/mol. The van der Waals surface area contributed by atoms with Crippen LogP contribution in [0.2, 0.25) is 0 Å². The van der Waals surface area contributed by atoms with Gasteiger partial charge in [-0.05, 0) is 19.4 Å². The summed E-state index contributed by atoms with van der Waals surface area (Å²) < 4.78 is 9.97. The van der Waals surface area contributed by atoms with Crippen molar-refractivity contribution in [3.8, 4) is 0 Å². The van der Waals surface area contributed by atoms with E-state index in [0.29, 0.717) is 0 Å². The van der Waals surface area contributed by atoms with Gasteiger partial charge in [-0.3, -0.25) is 4.79 Å². The number of amides is 1. The van der Waals surface area contributed by atoms with Crippen molar-refractivity contribution < 1.29 is 24.2 Å². The van der Waals surface area contributed by atoms with Crippen molar-refractivity contribution in [2.45, 2.75) is 38.7 Å². The standard InChI is InChI=1S/C15H21NO5/c1-10(17)13(15(19)20-3)16-14(18)11(2)21-9-12-7-5-4-6-8-12/h4-8,10-11,13,17H,9H2,1-3H3,(H,16,18). The first-order valence-electron chi connectivity index (χ1n) is 6.67. The Bertz CT molecular complexity index is 460. The molecule has 1 amide bonds. The van der Waals surface area contributed by atoms with E-state index in [1.165, 1.54) is 14.0 Å². The number of aliphatic hydroxyl groups excluding tert-OH is 1. The fourth-order valence-electron chi connectivity index (χ4n) is 1.65. The van der Waals surface area contributed by atoms with Crippen molar-refractivity contribution in [2.75, 3.05) is 7.11 Å². The van der Waals surface area contributed by atoms with E-state index in [1.54, 1.807) is 6.92 Å². The molecule has 21 heavy (non-hydrogen) atoms. The third-order valence-electron chi connectivity index (χ3n) is 2.95. The molecule has 0 heterocycles. The third-order valence-corrected chi connectivity index (χ3v) is 2.95. The fraction of sp³-hybridized carbons (Fsp3) is 0.467. The van der Waals surface area contributed by atoms with Gasteiger partial charge in [0.25, 0.3) is 0 Å². The maximum absolute atomic E-state index is 11.9. The predicted molar refractivity (Wildman–Crippen MR) is 76.3 cm³/mol. The summed E-state index contributed by atoms with van der Waals surface area (Å²) in [7, 11) is 1.19. The maximum atomic E-state index is 11.9. The Labute approximate surface area is 124 Å². The van der Waals surface area contributed by atoms with Gasteiger partial charge >= 0.3 is 5.97 Å². The van der Waals surface area contributed by atoms with Crippen molar-refractivity contribution in [3.05, 3.63) is 35.9 Å². The van der Waals surface area contributed by atoms with Crippen LogP contribution in [0, 0.1) is 0 Å². The van der Waals surface area contributed by atoms with Gasteiger partial charge in [-0.15, -0.1) is 0 Å². The summed E-state index contributed by atoms with van der Waals surface area (Å²) in [6.45, 7) is 3.26. The van der Waals surface area contributed by atoms with E-state index in [-0.39, 0.29) is 6.61 Å². The highest BCUT2D eigenvalue weighted by Gasteiger charge is 2.28. The number of esters is 1.